The molecule has 0 saturated heterocycles. The molecule has 0 aliphatic carbocycles. The van der Waals surface area contributed by atoms with E-state index in [1.165, 1.54) is 23.5 Å². The summed E-state index contributed by atoms with van der Waals surface area (Å²) < 4.78 is 20.0. The topological polar surface area (TPSA) is 45.7 Å². The van der Waals surface area contributed by atoms with Crippen LogP contribution < -0.4 is 9.64 Å². The van der Waals surface area contributed by atoms with E-state index in [4.69, 9.17) is 4.74 Å². The lowest BCUT2D eigenvalue weighted by Gasteiger charge is -2.24. The van der Waals surface area contributed by atoms with E-state index >= 15 is 0 Å². The van der Waals surface area contributed by atoms with Gasteiger partial charge in [0.25, 0.3) is 0 Å². The molecule has 0 N–H and O–H groups in total. The molecule has 0 unspecified atom stereocenters. The average molecular weight is 452 g/mol. The molecular formula is C22H27ClFN3O2S. The maximum Gasteiger partial charge on any atom is 0.232 e. The minimum absolute atomic E-state index is 0. The van der Waals surface area contributed by atoms with Crippen molar-refractivity contribution in [1.82, 2.24) is 9.88 Å². The number of nitrogens with zero attached hydrogens (tertiary/aromatic N) is 3. The van der Waals surface area contributed by atoms with Gasteiger partial charge in [-0.05, 0) is 43.4 Å². The molecule has 0 radical (unpaired) electrons. The van der Waals surface area contributed by atoms with Crippen LogP contribution in [-0.4, -0.2) is 48.6 Å². The Bertz CT molecular complexity index is 935. The number of anilines is 1. The van der Waals surface area contributed by atoms with Gasteiger partial charge in [0, 0.05) is 13.1 Å². The Labute approximate surface area is 186 Å². The van der Waals surface area contributed by atoms with Crippen molar-refractivity contribution in [3.63, 3.8) is 0 Å². The van der Waals surface area contributed by atoms with Crippen LogP contribution in [0.2, 0.25) is 0 Å². The first kappa shape index (κ1) is 24.1. The van der Waals surface area contributed by atoms with Gasteiger partial charge in [0.1, 0.15) is 11.6 Å². The number of rotatable bonds is 10. The first-order valence-corrected chi connectivity index (χ1v) is 10.7. The van der Waals surface area contributed by atoms with Crippen LogP contribution >= 0.6 is 23.7 Å². The first-order valence-electron chi connectivity index (χ1n) is 9.87. The number of thiazole rings is 1. The van der Waals surface area contributed by atoms with E-state index in [9.17, 15) is 9.18 Å². The molecule has 0 spiro atoms. The number of halogens is 2. The van der Waals surface area contributed by atoms with Crippen molar-refractivity contribution in [3.05, 3.63) is 54.3 Å². The molecule has 1 heterocycles. The highest BCUT2D eigenvalue weighted by atomic mass is 35.5. The minimum atomic E-state index is -0.301. The second-order valence-electron chi connectivity index (χ2n) is 6.59. The van der Waals surface area contributed by atoms with Crippen LogP contribution in [-0.2, 0) is 4.79 Å². The van der Waals surface area contributed by atoms with Crippen LogP contribution in [0.4, 0.5) is 9.52 Å². The number of likely N-dealkylation sites (N-methyl/N-ethyl adjacent to an activating group) is 1. The predicted molar refractivity (Wildman–Crippen MR) is 124 cm³/mol. The van der Waals surface area contributed by atoms with Crippen LogP contribution in [0.5, 0.6) is 5.75 Å². The minimum Gasteiger partial charge on any atom is -0.493 e. The van der Waals surface area contributed by atoms with Gasteiger partial charge < -0.3 is 9.64 Å². The van der Waals surface area contributed by atoms with Crippen molar-refractivity contribution in [1.29, 1.82) is 0 Å². The van der Waals surface area contributed by atoms with Gasteiger partial charge in [0.2, 0.25) is 5.91 Å². The summed E-state index contributed by atoms with van der Waals surface area (Å²) in [6.45, 7) is 7.62. The maximum absolute atomic E-state index is 13.6. The van der Waals surface area contributed by atoms with Crippen LogP contribution in [0, 0.1) is 5.82 Å². The first-order chi connectivity index (χ1) is 14.1. The van der Waals surface area contributed by atoms with E-state index in [0.717, 1.165) is 30.1 Å². The molecule has 30 heavy (non-hydrogen) atoms. The van der Waals surface area contributed by atoms with Gasteiger partial charge in [0.05, 0.1) is 23.2 Å². The zero-order valence-electron chi connectivity index (χ0n) is 17.2. The van der Waals surface area contributed by atoms with Gasteiger partial charge in [-0.25, -0.2) is 9.37 Å². The fourth-order valence-electron chi connectivity index (χ4n) is 3.02. The van der Waals surface area contributed by atoms with Crippen LogP contribution in [0.15, 0.2) is 48.5 Å². The molecule has 3 rings (SSSR count). The third-order valence-corrected chi connectivity index (χ3v) is 5.77. The second-order valence-corrected chi connectivity index (χ2v) is 7.60. The lowest BCUT2D eigenvalue weighted by molar-refractivity contribution is -0.119. The number of ether oxygens (including phenoxy) is 1. The van der Waals surface area contributed by atoms with Crippen molar-refractivity contribution < 1.29 is 13.9 Å². The SMILES string of the molecule is CCN(CC)CCN(C(=O)CCOc1ccccc1)c1nc2ccc(F)cc2s1.Cl. The summed E-state index contributed by atoms with van der Waals surface area (Å²) in [7, 11) is 0. The van der Waals surface area contributed by atoms with Crippen molar-refractivity contribution in [2.75, 3.05) is 37.7 Å². The molecule has 0 aliphatic rings. The summed E-state index contributed by atoms with van der Waals surface area (Å²) in [4.78, 5) is 21.5. The number of amides is 1. The third-order valence-electron chi connectivity index (χ3n) is 4.73. The third kappa shape index (κ3) is 6.39. The van der Waals surface area contributed by atoms with E-state index in [0.29, 0.717) is 23.8 Å². The number of carbonyl (C=O) groups excluding carboxylic acids is 1. The molecule has 162 valence electrons. The van der Waals surface area contributed by atoms with E-state index in [-0.39, 0.29) is 30.6 Å². The molecule has 0 aliphatic heterocycles. The molecular weight excluding hydrogens is 425 g/mol. The number of benzene rings is 2. The molecule has 8 heteroatoms. The average Bonchev–Trinajstić information content (AvgIpc) is 3.14. The summed E-state index contributed by atoms with van der Waals surface area (Å²) in [5.74, 6) is 0.392. The Morgan fingerprint density at radius 2 is 1.83 bits per heavy atom. The molecule has 3 aromatic rings. The summed E-state index contributed by atoms with van der Waals surface area (Å²) in [5.41, 5.74) is 0.701. The Morgan fingerprint density at radius 1 is 1.10 bits per heavy atom. The number of hydrogen-bond acceptors (Lipinski definition) is 5. The summed E-state index contributed by atoms with van der Waals surface area (Å²) in [6.07, 6.45) is 0.247. The number of hydrogen-bond donors (Lipinski definition) is 0. The van der Waals surface area contributed by atoms with Gasteiger partial charge in [-0.15, -0.1) is 12.4 Å². The van der Waals surface area contributed by atoms with Gasteiger partial charge in [0.15, 0.2) is 5.13 Å². The Kier molecular flexibility index (Phi) is 9.49. The number of carbonyl (C=O) groups is 1. The molecule has 0 atom stereocenters. The Hall–Kier alpha value is -2.22. The van der Waals surface area contributed by atoms with E-state index in [1.807, 2.05) is 30.3 Å². The second kappa shape index (κ2) is 11.8. The van der Waals surface area contributed by atoms with Crippen molar-refractivity contribution in [3.8, 4) is 5.75 Å². The summed E-state index contributed by atoms with van der Waals surface area (Å²) in [5, 5.41) is 0.600. The number of aromatic nitrogens is 1. The highest BCUT2D eigenvalue weighted by molar-refractivity contribution is 7.22. The van der Waals surface area contributed by atoms with Crippen molar-refractivity contribution in [2.24, 2.45) is 0 Å². The molecule has 0 fully saturated rings. The van der Waals surface area contributed by atoms with Gasteiger partial charge in [-0.1, -0.05) is 43.4 Å². The van der Waals surface area contributed by atoms with Gasteiger partial charge in [-0.3, -0.25) is 9.69 Å². The lowest BCUT2D eigenvalue weighted by Crippen LogP contribution is -2.39. The molecule has 2 aromatic carbocycles. The molecule has 1 aromatic heterocycles. The fourth-order valence-corrected chi connectivity index (χ4v) is 4.05. The van der Waals surface area contributed by atoms with Crippen molar-refractivity contribution in [2.45, 2.75) is 20.3 Å². The van der Waals surface area contributed by atoms with Crippen LogP contribution in [0.1, 0.15) is 20.3 Å². The lowest BCUT2D eigenvalue weighted by atomic mass is 10.3. The van der Waals surface area contributed by atoms with Crippen LogP contribution in [0.25, 0.3) is 10.2 Å². The van der Waals surface area contributed by atoms with Crippen molar-refractivity contribution >= 4 is 45.0 Å². The molecule has 0 bridgehead atoms. The van der Waals surface area contributed by atoms with E-state index in [2.05, 4.69) is 23.7 Å². The quantitative estimate of drug-likeness (QED) is 0.435. The predicted octanol–water partition coefficient (Wildman–Crippen LogP) is 5.00. The number of para-hydroxylation sites is 1. The van der Waals surface area contributed by atoms with Crippen LogP contribution in [0.3, 0.4) is 0 Å². The van der Waals surface area contributed by atoms with E-state index < -0.39 is 0 Å². The van der Waals surface area contributed by atoms with E-state index in [1.54, 1.807) is 11.0 Å². The number of fused-ring (bicyclic) bond motifs is 1. The largest absolute Gasteiger partial charge is 0.493 e. The smallest absolute Gasteiger partial charge is 0.232 e. The molecule has 1 amide bonds. The fraction of sp³-hybridized carbons (Fsp3) is 0.364. The monoisotopic (exact) mass is 451 g/mol. The molecule has 5 nitrogen and oxygen atoms in total. The maximum atomic E-state index is 13.6. The van der Waals surface area contributed by atoms with Gasteiger partial charge in [-0.2, -0.15) is 0 Å². The zero-order valence-corrected chi connectivity index (χ0v) is 18.8. The Morgan fingerprint density at radius 3 is 2.53 bits per heavy atom. The highest BCUT2D eigenvalue weighted by Crippen LogP contribution is 2.29. The van der Waals surface area contributed by atoms with Gasteiger partial charge >= 0.3 is 0 Å². The highest BCUT2D eigenvalue weighted by Gasteiger charge is 2.20. The zero-order chi connectivity index (χ0) is 20.6. The standard InChI is InChI=1S/C22H26FN3O2S.ClH/c1-3-25(4-2)13-14-26(21(27)12-15-28-18-8-6-5-7-9-18)22-24-19-11-10-17(23)16-20(19)29-22;/h5-11,16H,3-4,12-15H2,1-2H3;1H. The molecule has 0 saturated carbocycles. The summed E-state index contributed by atoms with van der Waals surface area (Å²) >= 11 is 1.34. The summed E-state index contributed by atoms with van der Waals surface area (Å²) in [6, 6.07) is 13.9. The normalized spacial score (nSPS) is 10.8. The Balaban J connectivity index is 0.00000320.